The molecule has 0 radical (unpaired) electrons. The van der Waals surface area contributed by atoms with E-state index in [-0.39, 0.29) is 24.5 Å². The number of hydrogen-bond acceptors (Lipinski definition) is 4. The van der Waals surface area contributed by atoms with Gasteiger partial charge in [-0.05, 0) is 36.4 Å². The smallest absolute Gasteiger partial charge is 0.288 e. The van der Waals surface area contributed by atoms with Gasteiger partial charge in [-0.2, -0.15) is 8.78 Å². The fourth-order valence-electron chi connectivity index (χ4n) is 1.76. The second kappa shape index (κ2) is 8.42. The monoisotopic (exact) mass is 375 g/mol. The summed E-state index contributed by atoms with van der Waals surface area (Å²) in [6, 6.07) is 9.37. The molecule has 2 rings (SSSR count). The van der Waals surface area contributed by atoms with Crippen molar-refractivity contribution in [2.75, 3.05) is 5.32 Å². The lowest BCUT2D eigenvalue weighted by Crippen LogP contribution is -2.13. The Morgan fingerprint density at radius 2 is 1.83 bits per heavy atom. The SMILES string of the molecule is O=C(CCC(=O)c1ccc(Cl)s1)Nc1ccc(SC(F)F)cc1. The zero-order valence-corrected chi connectivity index (χ0v) is 14.1. The predicted molar refractivity (Wildman–Crippen MR) is 89.8 cm³/mol. The molecule has 0 aliphatic carbocycles. The number of carbonyl (C=O) groups is 2. The number of Topliss-reactive ketones (excluding diaryl/α,β-unsaturated/α-hetero) is 1. The first-order valence-electron chi connectivity index (χ1n) is 6.57. The number of nitrogens with one attached hydrogen (secondary N) is 1. The first kappa shape index (κ1) is 17.9. The van der Waals surface area contributed by atoms with E-state index in [1.54, 1.807) is 24.3 Å². The average molecular weight is 376 g/mol. The van der Waals surface area contributed by atoms with Gasteiger partial charge in [0, 0.05) is 23.4 Å². The first-order valence-corrected chi connectivity index (χ1v) is 8.65. The van der Waals surface area contributed by atoms with E-state index in [1.165, 1.54) is 23.5 Å². The van der Waals surface area contributed by atoms with Crippen LogP contribution in [0.2, 0.25) is 4.34 Å². The maximum absolute atomic E-state index is 12.2. The summed E-state index contributed by atoms with van der Waals surface area (Å²) in [7, 11) is 0. The number of thioether (sulfide) groups is 1. The maximum Gasteiger partial charge on any atom is 0.288 e. The van der Waals surface area contributed by atoms with Crippen LogP contribution in [0.25, 0.3) is 0 Å². The molecule has 0 fully saturated rings. The topological polar surface area (TPSA) is 46.2 Å². The standard InChI is InChI=1S/C15H12ClF2NO2S2/c16-13-7-6-12(23-13)11(20)5-8-14(21)19-9-1-3-10(4-2-9)22-15(17)18/h1-4,6-7,15H,5,8H2,(H,19,21). The highest BCUT2D eigenvalue weighted by atomic mass is 35.5. The summed E-state index contributed by atoms with van der Waals surface area (Å²) < 4.78 is 24.9. The van der Waals surface area contributed by atoms with Gasteiger partial charge in [-0.25, -0.2) is 0 Å². The van der Waals surface area contributed by atoms with Gasteiger partial charge in [0.2, 0.25) is 5.91 Å². The largest absolute Gasteiger partial charge is 0.326 e. The summed E-state index contributed by atoms with van der Waals surface area (Å²) in [4.78, 5) is 24.6. The van der Waals surface area contributed by atoms with Crippen molar-refractivity contribution >= 4 is 52.1 Å². The van der Waals surface area contributed by atoms with E-state index in [9.17, 15) is 18.4 Å². The number of benzene rings is 1. The van der Waals surface area contributed by atoms with E-state index in [1.807, 2.05) is 0 Å². The summed E-state index contributed by atoms with van der Waals surface area (Å²) in [6.45, 7) is 0. The molecular formula is C15H12ClF2NO2S2. The second-order valence-electron chi connectivity index (χ2n) is 4.48. The van der Waals surface area contributed by atoms with Crippen molar-refractivity contribution in [1.82, 2.24) is 0 Å². The molecule has 0 bridgehead atoms. The lowest BCUT2D eigenvalue weighted by Gasteiger charge is -2.06. The van der Waals surface area contributed by atoms with Gasteiger partial charge in [-0.3, -0.25) is 9.59 Å². The lowest BCUT2D eigenvalue weighted by atomic mass is 10.2. The van der Waals surface area contributed by atoms with Gasteiger partial charge in [-0.15, -0.1) is 11.3 Å². The summed E-state index contributed by atoms with van der Waals surface area (Å²) in [5.41, 5.74) is 0.500. The zero-order chi connectivity index (χ0) is 16.8. The minimum atomic E-state index is -2.48. The Labute approximate surface area is 145 Å². The molecule has 122 valence electrons. The Balaban J connectivity index is 1.81. The average Bonchev–Trinajstić information content (AvgIpc) is 2.93. The number of rotatable bonds is 7. The summed E-state index contributed by atoms with van der Waals surface area (Å²) >= 11 is 7.38. The van der Waals surface area contributed by atoms with Crippen LogP contribution in [0.1, 0.15) is 22.5 Å². The van der Waals surface area contributed by atoms with Crippen LogP contribution < -0.4 is 5.32 Å². The van der Waals surface area contributed by atoms with Gasteiger partial charge >= 0.3 is 0 Å². The van der Waals surface area contributed by atoms with Crippen LogP contribution in [-0.4, -0.2) is 17.4 Å². The van der Waals surface area contributed by atoms with E-state index < -0.39 is 5.76 Å². The molecule has 0 aliphatic rings. The zero-order valence-electron chi connectivity index (χ0n) is 11.7. The third-order valence-corrected chi connectivity index (χ3v) is 4.79. The third kappa shape index (κ3) is 5.93. The van der Waals surface area contributed by atoms with E-state index in [0.717, 1.165) is 0 Å². The van der Waals surface area contributed by atoms with Crippen molar-refractivity contribution in [1.29, 1.82) is 0 Å². The van der Waals surface area contributed by atoms with Crippen LogP contribution in [0, 0.1) is 0 Å². The van der Waals surface area contributed by atoms with Crippen molar-refractivity contribution < 1.29 is 18.4 Å². The second-order valence-corrected chi connectivity index (χ2v) is 7.26. The Morgan fingerprint density at radius 3 is 2.39 bits per heavy atom. The summed E-state index contributed by atoms with van der Waals surface area (Å²) in [6.07, 6.45) is 0.129. The van der Waals surface area contributed by atoms with E-state index in [4.69, 9.17) is 11.6 Å². The number of ketones is 1. The molecule has 1 aromatic heterocycles. The minimum Gasteiger partial charge on any atom is -0.326 e. The molecular weight excluding hydrogens is 364 g/mol. The Kier molecular flexibility index (Phi) is 6.56. The number of alkyl halides is 2. The third-order valence-electron chi connectivity index (χ3n) is 2.79. The van der Waals surface area contributed by atoms with Crippen LogP contribution in [0.4, 0.5) is 14.5 Å². The molecule has 1 heterocycles. The van der Waals surface area contributed by atoms with Crippen LogP contribution in [0.5, 0.6) is 0 Å². The van der Waals surface area contributed by atoms with Gasteiger partial charge in [0.1, 0.15) is 0 Å². The van der Waals surface area contributed by atoms with Crippen LogP contribution in [0.3, 0.4) is 0 Å². The number of amides is 1. The number of thiophene rings is 1. The minimum absolute atomic E-state index is 0.0435. The molecule has 0 saturated heterocycles. The van der Waals surface area contributed by atoms with Gasteiger partial charge in [0.15, 0.2) is 5.78 Å². The van der Waals surface area contributed by atoms with Crippen LogP contribution >= 0.6 is 34.7 Å². The Morgan fingerprint density at radius 1 is 1.13 bits per heavy atom. The highest BCUT2D eigenvalue weighted by molar-refractivity contribution is 7.99. The Hall–Kier alpha value is -1.44. The highest BCUT2D eigenvalue weighted by Crippen LogP contribution is 2.26. The molecule has 3 nitrogen and oxygen atoms in total. The number of halogens is 3. The molecule has 0 aliphatic heterocycles. The number of anilines is 1. The molecule has 0 saturated carbocycles. The fraction of sp³-hybridized carbons (Fsp3) is 0.200. The van der Waals surface area contributed by atoms with Crippen molar-refractivity contribution in [3.8, 4) is 0 Å². The molecule has 2 aromatic rings. The van der Waals surface area contributed by atoms with E-state index in [2.05, 4.69) is 5.32 Å². The van der Waals surface area contributed by atoms with Crippen molar-refractivity contribution in [3.05, 3.63) is 45.6 Å². The molecule has 0 atom stereocenters. The molecule has 0 unspecified atom stereocenters. The quantitative estimate of drug-likeness (QED) is 0.526. The Bertz CT molecular complexity index is 689. The summed E-state index contributed by atoms with van der Waals surface area (Å²) in [5.74, 6) is -2.93. The van der Waals surface area contributed by atoms with E-state index in [0.29, 0.717) is 31.6 Å². The lowest BCUT2D eigenvalue weighted by molar-refractivity contribution is -0.116. The normalized spacial score (nSPS) is 10.8. The fourth-order valence-corrected chi connectivity index (χ4v) is 3.27. The van der Waals surface area contributed by atoms with Gasteiger partial charge < -0.3 is 5.32 Å². The van der Waals surface area contributed by atoms with Crippen molar-refractivity contribution in [2.45, 2.75) is 23.5 Å². The summed E-state index contributed by atoms with van der Waals surface area (Å²) in [5, 5.41) is 2.62. The predicted octanol–water partition coefficient (Wildman–Crippen LogP) is 5.32. The number of hydrogen-bond donors (Lipinski definition) is 1. The molecule has 0 spiro atoms. The number of carbonyl (C=O) groups excluding carboxylic acids is 2. The van der Waals surface area contributed by atoms with E-state index >= 15 is 0 Å². The molecule has 1 amide bonds. The first-order chi connectivity index (χ1) is 10.9. The highest BCUT2D eigenvalue weighted by Gasteiger charge is 2.12. The van der Waals surface area contributed by atoms with Gasteiger partial charge in [-0.1, -0.05) is 23.4 Å². The van der Waals surface area contributed by atoms with Crippen molar-refractivity contribution in [2.24, 2.45) is 0 Å². The van der Waals surface area contributed by atoms with Crippen LogP contribution in [-0.2, 0) is 4.79 Å². The maximum atomic E-state index is 12.2. The molecule has 23 heavy (non-hydrogen) atoms. The van der Waals surface area contributed by atoms with Crippen LogP contribution in [0.15, 0.2) is 41.3 Å². The molecule has 1 aromatic carbocycles. The molecule has 1 N–H and O–H groups in total. The van der Waals surface area contributed by atoms with Gasteiger partial charge in [0.05, 0.1) is 9.21 Å². The van der Waals surface area contributed by atoms with Gasteiger partial charge in [0.25, 0.3) is 5.76 Å². The van der Waals surface area contributed by atoms with Crippen molar-refractivity contribution in [3.63, 3.8) is 0 Å². The molecule has 8 heteroatoms.